The van der Waals surface area contributed by atoms with E-state index in [9.17, 15) is 18.0 Å². The molecule has 1 amide bonds. The van der Waals surface area contributed by atoms with Gasteiger partial charge in [0.25, 0.3) is 0 Å². The number of amides is 1. The van der Waals surface area contributed by atoms with E-state index in [0.29, 0.717) is 0 Å². The van der Waals surface area contributed by atoms with Crippen molar-refractivity contribution in [2.75, 3.05) is 13.7 Å². The molecule has 0 aliphatic carbocycles. The zero-order chi connectivity index (χ0) is 10.5. The molecule has 13 heavy (non-hydrogen) atoms. The van der Waals surface area contributed by atoms with Gasteiger partial charge in [-0.05, 0) is 6.92 Å². The Morgan fingerprint density at radius 1 is 1.54 bits per heavy atom. The van der Waals surface area contributed by atoms with Crippen molar-refractivity contribution in [1.82, 2.24) is 5.32 Å². The van der Waals surface area contributed by atoms with Crippen molar-refractivity contribution in [3.05, 3.63) is 0 Å². The molecule has 0 aliphatic heterocycles. The van der Waals surface area contributed by atoms with Gasteiger partial charge in [0, 0.05) is 13.7 Å². The van der Waals surface area contributed by atoms with E-state index in [-0.39, 0.29) is 0 Å². The summed E-state index contributed by atoms with van der Waals surface area (Å²) in [7, 11) is 1.31. The molecule has 1 unspecified atom stereocenters. The number of carbonyl (C=O) groups excluding carboxylic acids is 1. The third-order valence-electron chi connectivity index (χ3n) is 1.43. The van der Waals surface area contributed by atoms with Gasteiger partial charge in [-0.2, -0.15) is 13.2 Å². The molecule has 0 bridgehead atoms. The number of hydrogen-bond donors (Lipinski definition) is 1. The molecular weight excluding hydrogens is 187 g/mol. The summed E-state index contributed by atoms with van der Waals surface area (Å²) in [5, 5.41) is 2.11. The van der Waals surface area contributed by atoms with Gasteiger partial charge in [0.1, 0.15) is 6.10 Å². The quantitative estimate of drug-likeness (QED) is 0.736. The van der Waals surface area contributed by atoms with Crippen molar-refractivity contribution >= 4 is 5.91 Å². The van der Waals surface area contributed by atoms with Gasteiger partial charge < -0.3 is 10.1 Å². The normalized spacial score (nSPS) is 13.9. The third-order valence-corrected chi connectivity index (χ3v) is 1.43. The second-order valence-electron chi connectivity index (χ2n) is 2.53. The predicted molar refractivity (Wildman–Crippen MR) is 40.2 cm³/mol. The highest BCUT2D eigenvalue weighted by atomic mass is 19.4. The Bertz CT molecular complexity index is 170. The zero-order valence-electron chi connectivity index (χ0n) is 7.44. The van der Waals surface area contributed by atoms with Gasteiger partial charge in [0.2, 0.25) is 5.91 Å². The fourth-order valence-corrected chi connectivity index (χ4v) is 0.578. The molecule has 0 aliphatic rings. The van der Waals surface area contributed by atoms with Crippen LogP contribution in [0.3, 0.4) is 0 Å². The van der Waals surface area contributed by atoms with Crippen LogP contribution in [0.1, 0.15) is 13.3 Å². The van der Waals surface area contributed by atoms with Crippen LogP contribution in [0, 0.1) is 0 Å². The smallest absolute Gasteiger partial charge is 0.372 e. The van der Waals surface area contributed by atoms with Crippen molar-refractivity contribution in [1.29, 1.82) is 0 Å². The highest BCUT2D eigenvalue weighted by Gasteiger charge is 2.26. The minimum atomic E-state index is -4.23. The van der Waals surface area contributed by atoms with Gasteiger partial charge >= 0.3 is 6.18 Å². The second-order valence-corrected chi connectivity index (χ2v) is 2.53. The highest BCUT2D eigenvalue weighted by Crippen LogP contribution is 2.18. The lowest BCUT2D eigenvalue weighted by Gasteiger charge is -2.11. The van der Waals surface area contributed by atoms with Gasteiger partial charge in [0.15, 0.2) is 0 Å². The van der Waals surface area contributed by atoms with Crippen LogP contribution in [0.15, 0.2) is 0 Å². The van der Waals surface area contributed by atoms with E-state index in [4.69, 9.17) is 0 Å². The minimum Gasteiger partial charge on any atom is -0.372 e. The Balaban J connectivity index is 3.60. The lowest BCUT2D eigenvalue weighted by molar-refractivity contribution is -0.138. The first-order valence-corrected chi connectivity index (χ1v) is 3.74. The molecule has 0 spiro atoms. The number of methoxy groups -OCH3 is 1. The van der Waals surface area contributed by atoms with Gasteiger partial charge in [0.05, 0.1) is 6.42 Å². The standard InChI is InChI=1S/C7H12F3NO2/c1-5(13-2)6(12)11-4-3-7(8,9)10/h5H,3-4H2,1-2H3,(H,11,12). The van der Waals surface area contributed by atoms with Crippen molar-refractivity contribution < 1.29 is 22.7 Å². The molecule has 0 aromatic rings. The first-order valence-electron chi connectivity index (χ1n) is 3.74. The Kier molecular flexibility index (Phi) is 4.76. The molecule has 0 heterocycles. The summed E-state index contributed by atoms with van der Waals surface area (Å²) in [6, 6.07) is 0. The van der Waals surface area contributed by atoms with E-state index in [1.807, 2.05) is 0 Å². The predicted octanol–water partition coefficient (Wildman–Crippen LogP) is 1.09. The zero-order valence-corrected chi connectivity index (χ0v) is 7.44. The molecule has 0 aromatic heterocycles. The van der Waals surface area contributed by atoms with Gasteiger partial charge in [-0.1, -0.05) is 0 Å². The van der Waals surface area contributed by atoms with Gasteiger partial charge in [-0.3, -0.25) is 4.79 Å². The number of nitrogens with one attached hydrogen (secondary N) is 1. The maximum atomic E-state index is 11.6. The number of ether oxygens (including phenoxy) is 1. The summed E-state index contributed by atoms with van der Waals surface area (Å²) in [6.07, 6.45) is -5.97. The maximum Gasteiger partial charge on any atom is 0.390 e. The van der Waals surface area contributed by atoms with Crippen LogP contribution < -0.4 is 5.32 Å². The molecule has 3 nitrogen and oxygen atoms in total. The van der Waals surface area contributed by atoms with Crippen LogP contribution in [0.4, 0.5) is 13.2 Å². The third kappa shape index (κ3) is 6.39. The van der Waals surface area contributed by atoms with Gasteiger partial charge in [-0.25, -0.2) is 0 Å². The minimum absolute atomic E-state index is 0.407. The summed E-state index contributed by atoms with van der Waals surface area (Å²) < 4.78 is 39.4. The number of alkyl halides is 3. The van der Waals surface area contributed by atoms with Crippen LogP contribution in [-0.4, -0.2) is 31.8 Å². The topological polar surface area (TPSA) is 38.3 Å². The molecular formula is C7H12F3NO2. The number of halogens is 3. The van der Waals surface area contributed by atoms with Crippen LogP contribution in [-0.2, 0) is 9.53 Å². The lowest BCUT2D eigenvalue weighted by Crippen LogP contribution is -2.35. The van der Waals surface area contributed by atoms with E-state index >= 15 is 0 Å². The average molecular weight is 199 g/mol. The molecule has 6 heteroatoms. The van der Waals surface area contributed by atoms with Crippen LogP contribution in [0.2, 0.25) is 0 Å². The highest BCUT2D eigenvalue weighted by molar-refractivity contribution is 5.80. The molecule has 0 rings (SSSR count). The van der Waals surface area contributed by atoms with E-state index in [2.05, 4.69) is 10.1 Å². The van der Waals surface area contributed by atoms with E-state index in [1.54, 1.807) is 0 Å². The fourth-order valence-electron chi connectivity index (χ4n) is 0.578. The monoisotopic (exact) mass is 199 g/mol. The summed E-state index contributed by atoms with van der Waals surface area (Å²) in [4.78, 5) is 10.9. The summed E-state index contributed by atoms with van der Waals surface area (Å²) in [5.41, 5.74) is 0. The first-order chi connectivity index (χ1) is 5.87. The fraction of sp³-hybridized carbons (Fsp3) is 0.857. The van der Waals surface area contributed by atoms with E-state index < -0.39 is 31.2 Å². The Labute approximate surface area is 74.3 Å². The van der Waals surface area contributed by atoms with E-state index in [1.165, 1.54) is 14.0 Å². The molecule has 78 valence electrons. The number of carbonyl (C=O) groups is 1. The number of rotatable bonds is 4. The first kappa shape index (κ1) is 12.2. The molecule has 0 aromatic carbocycles. The summed E-state index contributed by atoms with van der Waals surface area (Å²) >= 11 is 0. The molecule has 1 atom stereocenters. The number of hydrogen-bond acceptors (Lipinski definition) is 2. The summed E-state index contributed by atoms with van der Waals surface area (Å²) in [5.74, 6) is -0.535. The average Bonchev–Trinajstić information content (AvgIpc) is 2.00. The Morgan fingerprint density at radius 3 is 2.46 bits per heavy atom. The van der Waals surface area contributed by atoms with Gasteiger partial charge in [-0.15, -0.1) is 0 Å². The van der Waals surface area contributed by atoms with Crippen molar-refractivity contribution in [2.24, 2.45) is 0 Å². The summed E-state index contributed by atoms with van der Waals surface area (Å²) in [6.45, 7) is 1.05. The molecule has 1 N–H and O–H groups in total. The van der Waals surface area contributed by atoms with Crippen LogP contribution in [0.25, 0.3) is 0 Å². The van der Waals surface area contributed by atoms with Crippen LogP contribution in [0.5, 0.6) is 0 Å². The van der Waals surface area contributed by atoms with Crippen molar-refractivity contribution in [3.63, 3.8) is 0 Å². The molecule has 0 saturated carbocycles. The lowest BCUT2D eigenvalue weighted by atomic mass is 10.3. The van der Waals surface area contributed by atoms with Crippen LogP contribution >= 0.6 is 0 Å². The van der Waals surface area contributed by atoms with Crippen molar-refractivity contribution in [3.8, 4) is 0 Å². The molecule has 0 saturated heterocycles. The Morgan fingerprint density at radius 2 is 2.08 bits per heavy atom. The second kappa shape index (κ2) is 5.06. The SMILES string of the molecule is COC(C)C(=O)NCCC(F)(F)F. The Hall–Kier alpha value is -0.780. The largest absolute Gasteiger partial charge is 0.390 e. The maximum absolute atomic E-state index is 11.6. The molecule has 0 radical (unpaired) electrons. The van der Waals surface area contributed by atoms with Crippen molar-refractivity contribution in [2.45, 2.75) is 25.6 Å². The van der Waals surface area contributed by atoms with E-state index in [0.717, 1.165) is 0 Å². The molecule has 0 fully saturated rings.